The van der Waals surface area contributed by atoms with Gasteiger partial charge < -0.3 is 15.2 Å². The maximum Gasteiger partial charge on any atom is 0.197 e. The largest absolute Gasteiger partial charge is 0.398 e. The molecule has 0 atom stereocenters. The van der Waals surface area contributed by atoms with Crippen molar-refractivity contribution in [1.82, 2.24) is 0 Å². The normalized spacial score (nSPS) is 21.5. The molecule has 1 saturated heterocycles. The molecule has 1 aliphatic rings. The lowest BCUT2D eigenvalue weighted by Crippen LogP contribution is -2.16. The third-order valence-corrected chi connectivity index (χ3v) is 0.925. The second-order valence-corrected chi connectivity index (χ2v) is 1.65. The molecule has 1 rings (SSSR count). The zero-order valence-electron chi connectivity index (χ0n) is 4.59. The highest BCUT2D eigenvalue weighted by molar-refractivity contribution is 4.91. The van der Waals surface area contributed by atoms with Gasteiger partial charge in [-0.25, -0.2) is 0 Å². The highest BCUT2D eigenvalue weighted by Crippen LogP contribution is 2.06. The molecule has 8 heavy (non-hydrogen) atoms. The van der Waals surface area contributed by atoms with E-state index in [1.807, 2.05) is 0 Å². The van der Waals surface area contributed by atoms with Crippen molar-refractivity contribution < 1.29 is 9.47 Å². The fourth-order valence-corrected chi connectivity index (χ4v) is 0.572. The molecule has 0 unspecified atom stereocenters. The van der Waals surface area contributed by atoms with Gasteiger partial charge in [0.15, 0.2) is 6.29 Å². The Morgan fingerprint density at radius 2 is 2.00 bits per heavy atom. The monoisotopic (exact) mass is 115 g/mol. The van der Waals surface area contributed by atoms with Gasteiger partial charge in [0, 0.05) is 0 Å². The number of hydrogen-bond acceptors (Lipinski definition) is 3. The molecule has 0 aromatic rings. The van der Waals surface area contributed by atoms with Crippen LogP contribution in [0.5, 0.6) is 0 Å². The molecular weight excluding hydrogens is 106 g/mol. The maximum atomic E-state index is 5.25. The summed E-state index contributed by atoms with van der Waals surface area (Å²) in [4.78, 5) is 0. The smallest absolute Gasteiger partial charge is 0.197 e. The molecule has 0 bridgehead atoms. The Kier molecular flexibility index (Phi) is 1.50. The zero-order chi connectivity index (χ0) is 5.98. The molecule has 0 radical (unpaired) electrons. The summed E-state index contributed by atoms with van der Waals surface area (Å²) in [5, 5.41) is 0. The van der Waals surface area contributed by atoms with Gasteiger partial charge in [0.25, 0.3) is 0 Å². The van der Waals surface area contributed by atoms with Crippen molar-refractivity contribution in [2.24, 2.45) is 5.73 Å². The van der Waals surface area contributed by atoms with Crippen LogP contribution >= 0.6 is 0 Å². The van der Waals surface area contributed by atoms with Crippen molar-refractivity contribution in [2.75, 3.05) is 13.2 Å². The molecule has 1 heterocycles. The second kappa shape index (κ2) is 2.15. The van der Waals surface area contributed by atoms with Crippen LogP contribution in [0.3, 0.4) is 0 Å². The predicted molar refractivity (Wildman–Crippen MR) is 29.0 cm³/mol. The first kappa shape index (κ1) is 5.59. The van der Waals surface area contributed by atoms with Gasteiger partial charge in [-0.1, -0.05) is 6.58 Å². The van der Waals surface area contributed by atoms with E-state index in [4.69, 9.17) is 15.2 Å². The summed E-state index contributed by atoms with van der Waals surface area (Å²) in [6, 6.07) is 0. The van der Waals surface area contributed by atoms with Crippen molar-refractivity contribution in [3.05, 3.63) is 12.3 Å². The summed E-state index contributed by atoms with van der Waals surface area (Å²) in [6.07, 6.45) is -0.352. The molecule has 0 aliphatic carbocycles. The minimum Gasteiger partial charge on any atom is -0.398 e. The molecule has 46 valence electrons. The molecule has 0 amide bonds. The molecule has 1 fully saturated rings. The van der Waals surface area contributed by atoms with Gasteiger partial charge in [-0.3, -0.25) is 0 Å². The summed E-state index contributed by atoms with van der Waals surface area (Å²) < 4.78 is 9.94. The summed E-state index contributed by atoms with van der Waals surface area (Å²) in [7, 11) is 0. The average molecular weight is 115 g/mol. The molecule has 0 spiro atoms. The number of nitrogens with two attached hydrogens (primary N) is 1. The lowest BCUT2D eigenvalue weighted by molar-refractivity contribution is -0.0117. The van der Waals surface area contributed by atoms with E-state index in [0.717, 1.165) is 0 Å². The molecule has 3 nitrogen and oxygen atoms in total. The van der Waals surface area contributed by atoms with Crippen molar-refractivity contribution >= 4 is 0 Å². The van der Waals surface area contributed by atoms with Gasteiger partial charge in [0.05, 0.1) is 18.9 Å². The third-order valence-electron chi connectivity index (χ3n) is 0.925. The van der Waals surface area contributed by atoms with Gasteiger partial charge in [0.1, 0.15) is 0 Å². The molecular formula is C5H9NO2. The van der Waals surface area contributed by atoms with Crippen molar-refractivity contribution in [1.29, 1.82) is 0 Å². The fraction of sp³-hybridized carbons (Fsp3) is 0.600. The van der Waals surface area contributed by atoms with Crippen LogP contribution in [0, 0.1) is 0 Å². The SMILES string of the molecule is C=C(N)C1OCCO1. The van der Waals surface area contributed by atoms with Crippen LogP contribution in [0.1, 0.15) is 0 Å². The Balaban J connectivity index is 2.35. The van der Waals surface area contributed by atoms with Crippen molar-refractivity contribution in [2.45, 2.75) is 6.29 Å². The highest BCUT2D eigenvalue weighted by Gasteiger charge is 2.15. The predicted octanol–water partition coefficient (Wildman–Crippen LogP) is -0.168. The summed E-state index contributed by atoms with van der Waals surface area (Å²) in [5.41, 5.74) is 5.70. The minimum absolute atomic E-state index is 0.352. The Hall–Kier alpha value is -0.540. The Bertz CT molecular complexity index is 96.6. The average Bonchev–Trinajstić information content (AvgIpc) is 2.12. The molecule has 0 saturated carbocycles. The van der Waals surface area contributed by atoms with E-state index in [1.165, 1.54) is 0 Å². The van der Waals surface area contributed by atoms with Crippen molar-refractivity contribution in [3.8, 4) is 0 Å². The van der Waals surface area contributed by atoms with Crippen LogP contribution in [0.2, 0.25) is 0 Å². The van der Waals surface area contributed by atoms with Crippen LogP contribution in [-0.2, 0) is 9.47 Å². The van der Waals surface area contributed by atoms with Gasteiger partial charge in [-0.05, 0) is 0 Å². The molecule has 1 aliphatic heterocycles. The standard InChI is InChI=1S/C5H9NO2/c1-4(6)5-7-2-3-8-5/h5H,1-3,6H2. The summed E-state index contributed by atoms with van der Waals surface area (Å²) in [6.45, 7) is 4.72. The van der Waals surface area contributed by atoms with Crippen LogP contribution in [0.4, 0.5) is 0 Å². The van der Waals surface area contributed by atoms with Gasteiger partial charge >= 0.3 is 0 Å². The van der Waals surface area contributed by atoms with E-state index < -0.39 is 0 Å². The minimum atomic E-state index is -0.352. The van der Waals surface area contributed by atoms with Gasteiger partial charge in [-0.15, -0.1) is 0 Å². The zero-order valence-corrected chi connectivity index (χ0v) is 4.59. The van der Waals surface area contributed by atoms with Crippen LogP contribution in [0.25, 0.3) is 0 Å². The lowest BCUT2D eigenvalue weighted by Gasteiger charge is -2.05. The van der Waals surface area contributed by atoms with E-state index in [-0.39, 0.29) is 6.29 Å². The lowest BCUT2D eigenvalue weighted by atomic mass is 10.5. The molecule has 0 aromatic carbocycles. The number of ether oxygens (including phenoxy) is 2. The van der Waals surface area contributed by atoms with Gasteiger partial charge in [-0.2, -0.15) is 0 Å². The third kappa shape index (κ3) is 0.993. The highest BCUT2D eigenvalue weighted by atomic mass is 16.7. The second-order valence-electron chi connectivity index (χ2n) is 1.65. The van der Waals surface area contributed by atoms with E-state index in [1.54, 1.807) is 0 Å². The summed E-state index contributed by atoms with van der Waals surface area (Å²) in [5.74, 6) is 0. The Labute approximate surface area is 48.1 Å². The molecule has 3 heteroatoms. The van der Waals surface area contributed by atoms with Crippen LogP contribution in [-0.4, -0.2) is 19.5 Å². The van der Waals surface area contributed by atoms with Crippen LogP contribution in [0.15, 0.2) is 12.3 Å². The van der Waals surface area contributed by atoms with Crippen molar-refractivity contribution in [3.63, 3.8) is 0 Å². The van der Waals surface area contributed by atoms with E-state index in [9.17, 15) is 0 Å². The first-order valence-corrected chi connectivity index (χ1v) is 2.48. The van der Waals surface area contributed by atoms with Gasteiger partial charge in [0.2, 0.25) is 0 Å². The molecule has 2 N–H and O–H groups in total. The van der Waals surface area contributed by atoms with E-state index >= 15 is 0 Å². The van der Waals surface area contributed by atoms with Crippen LogP contribution < -0.4 is 5.73 Å². The Morgan fingerprint density at radius 3 is 2.25 bits per heavy atom. The van der Waals surface area contributed by atoms with E-state index in [2.05, 4.69) is 6.58 Å². The maximum absolute atomic E-state index is 5.25. The number of hydrogen-bond donors (Lipinski definition) is 1. The fourth-order valence-electron chi connectivity index (χ4n) is 0.572. The summed E-state index contributed by atoms with van der Waals surface area (Å²) >= 11 is 0. The first-order valence-electron chi connectivity index (χ1n) is 2.48. The quantitative estimate of drug-likeness (QED) is 0.516. The first-order chi connectivity index (χ1) is 3.80. The van der Waals surface area contributed by atoms with E-state index in [0.29, 0.717) is 18.9 Å². The Morgan fingerprint density at radius 1 is 1.50 bits per heavy atom. The number of rotatable bonds is 1. The molecule has 0 aromatic heterocycles. The topological polar surface area (TPSA) is 44.5 Å².